The van der Waals surface area contributed by atoms with Gasteiger partial charge in [-0.05, 0) is 18.9 Å². The lowest BCUT2D eigenvalue weighted by atomic mass is 9.78. The number of amidine groups is 1. The predicted molar refractivity (Wildman–Crippen MR) is 74.1 cm³/mol. The van der Waals surface area contributed by atoms with Crippen LogP contribution in [0.25, 0.3) is 0 Å². The maximum atomic E-state index is 13.5. The van der Waals surface area contributed by atoms with E-state index in [0.717, 1.165) is 0 Å². The first-order valence-corrected chi connectivity index (χ1v) is 6.67. The summed E-state index contributed by atoms with van der Waals surface area (Å²) in [7, 11) is 0. The first-order chi connectivity index (χ1) is 10.1. The van der Waals surface area contributed by atoms with E-state index in [4.69, 9.17) is 15.7 Å². The number of halogens is 1. The Labute approximate surface area is 121 Å². The van der Waals surface area contributed by atoms with Crippen LogP contribution in [0.15, 0.2) is 29.4 Å². The van der Waals surface area contributed by atoms with Crippen LogP contribution in [0.3, 0.4) is 0 Å². The number of amides is 1. The molecule has 1 amide bonds. The minimum Gasteiger partial charge on any atom is -0.409 e. The standard InChI is InChI=1S/C14H18FN3O3/c15-11-4-2-1-3-10(11)9-17-13(19)14(12(16)18-20)5-7-21-8-6-14/h1-4,20H,5-9H2,(H2,16,18)(H,17,19). The number of carbonyl (C=O) groups is 1. The number of nitrogens with zero attached hydrogens (tertiary/aromatic N) is 1. The van der Waals surface area contributed by atoms with E-state index in [0.29, 0.717) is 31.6 Å². The largest absolute Gasteiger partial charge is 0.409 e. The average molecular weight is 295 g/mol. The first-order valence-electron chi connectivity index (χ1n) is 6.67. The summed E-state index contributed by atoms with van der Waals surface area (Å²) in [5.74, 6) is -0.913. The average Bonchev–Trinajstić information content (AvgIpc) is 2.53. The third-order valence-corrected chi connectivity index (χ3v) is 3.78. The molecule has 4 N–H and O–H groups in total. The molecule has 0 radical (unpaired) electrons. The van der Waals surface area contributed by atoms with Crippen LogP contribution in [-0.4, -0.2) is 30.2 Å². The van der Waals surface area contributed by atoms with E-state index < -0.39 is 5.41 Å². The van der Waals surface area contributed by atoms with Crippen molar-refractivity contribution in [2.24, 2.45) is 16.3 Å². The maximum absolute atomic E-state index is 13.5. The molecule has 7 heteroatoms. The van der Waals surface area contributed by atoms with Crippen molar-refractivity contribution >= 4 is 11.7 Å². The van der Waals surface area contributed by atoms with Crippen molar-refractivity contribution in [3.8, 4) is 0 Å². The van der Waals surface area contributed by atoms with E-state index in [-0.39, 0.29) is 24.1 Å². The molecule has 1 aromatic carbocycles. The van der Waals surface area contributed by atoms with Gasteiger partial charge in [0.1, 0.15) is 11.2 Å². The van der Waals surface area contributed by atoms with Gasteiger partial charge in [0, 0.05) is 25.3 Å². The fourth-order valence-electron chi connectivity index (χ4n) is 2.40. The molecule has 114 valence electrons. The van der Waals surface area contributed by atoms with Crippen molar-refractivity contribution in [1.29, 1.82) is 0 Å². The number of nitrogens with one attached hydrogen (secondary N) is 1. The summed E-state index contributed by atoms with van der Waals surface area (Å²) < 4.78 is 18.8. The monoisotopic (exact) mass is 295 g/mol. The van der Waals surface area contributed by atoms with Crippen LogP contribution in [-0.2, 0) is 16.1 Å². The quantitative estimate of drug-likeness (QED) is 0.334. The van der Waals surface area contributed by atoms with Gasteiger partial charge in [0.15, 0.2) is 5.84 Å². The van der Waals surface area contributed by atoms with Gasteiger partial charge in [0.05, 0.1) is 0 Å². The molecule has 0 atom stereocenters. The third-order valence-electron chi connectivity index (χ3n) is 3.78. The van der Waals surface area contributed by atoms with E-state index in [2.05, 4.69) is 10.5 Å². The highest BCUT2D eigenvalue weighted by atomic mass is 19.1. The van der Waals surface area contributed by atoms with Crippen LogP contribution in [0.1, 0.15) is 18.4 Å². The zero-order chi connectivity index (χ0) is 15.3. The highest BCUT2D eigenvalue weighted by Gasteiger charge is 2.44. The summed E-state index contributed by atoms with van der Waals surface area (Å²) in [5, 5.41) is 14.6. The summed E-state index contributed by atoms with van der Waals surface area (Å²) in [5.41, 5.74) is 4.98. The van der Waals surface area contributed by atoms with E-state index in [1.54, 1.807) is 18.2 Å². The minimum absolute atomic E-state index is 0.0484. The number of ether oxygens (including phenoxy) is 1. The Kier molecular flexibility index (Phi) is 4.74. The van der Waals surface area contributed by atoms with E-state index in [1.807, 2.05) is 0 Å². The molecule has 0 aliphatic carbocycles. The molecule has 1 aliphatic rings. The van der Waals surface area contributed by atoms with Crippen LogP contribution in [0.2, 0.25) is 0 Å². The number of oxime groups is 1. The number of hydrogen-bond donors (Lipinski definition) is 3. The highest BCUT2D eigenvalue weighted by molar-refractivity contribution is 6.06. The van der Waals surface area contributed by atoms with Crippen molar-refractivity contribution in [3.05, 3.63) is 35.6 Å². The molecule has 6 nitrogen and oxygen atoms in total. The molecule has 1 fully saturated rings. The minimum atomic E-state index is -1.10. The van der Waals surface area contributed by atoms with E-state index in [9.17, 15) is 9.18 Å². The zero-order valence-corrected chi connectivity index (χ0v) is 11.5. The lowest BCUT2D eigenvalue weighted by Crippen LogP contribution is -2.52. The zero-order valence-electron chi connectivity index (χ0n) is 11.5. The van der Waals surface area contributed by atoms with Crippen LogP contribution < -0.4 is 11.1 Å². The molecular weight excluding hydrogens is 277 g/mol. The summed E-state index contributed by atoms with van der Waals surface area (Å²) in [6, 6.07) is 6.19. The lowest BCUT2D eigenvalue weighted by Gasteiger charge is -2.34. The predicted octanol–water partition coefficient (Wildman–Crippen LogP) is 0.985. The Hall–Kier alpha value is -2.15. The lowest BCUT2D eigenvalue weighted by molar-refractivity contribution is -0.131. The molecule has 2 rings (SSSR count). The topological polar surface area (TPSA) is 96.9 Å². The Balaban J connectivity index is 2.11. The van der Waals surface area contributed by atoms with Gasteiger partial charge in [-0.1, -0.05) is 23.4 Å². The Bertz CT molecular complexity index is 542. The van der Waals surface area contributed by atoms with Crippen LogP contribution >= 0.6 is 0 Å². The van der Waals surface area contributed by atoms with E-state index >= 15 is 0 Å². The summed E-state index contributed by atoms with van der Waals surface area (Å²) >= 11 is 0. The van der Waals surface area contributed by atoms with Crippen LogP contribution in [0.5, 0.6) is 0 Å². The van der Waals surface area contributed by atoms with Gasteiger partial charge < -0.3 is 21.0 Å². The van der Waals surface area contributed by atoms with Crippen molar-refractivity contribution in [2.45, 2.75) is 19.4 Å². The molecule has 0 spiro atoms. The van der Waals surface area contributed by atoms with Gasteiger partial charge in [-0.25, -0.2) is 4.39 Å². The number of benzene rings is 1. The number of hydrogen-bond acceptors (Lipinski definition) is 4. The molecule has 1 aromatic rings. The molecular formula is C14H18FN3O3. The smallest absolute Gasteiger partial charge is 0.234 e. The Morgan fingerprint density at radius 3 is 2.71 bits per heavy atom. The molecule has 0 saturated carbocycles. The van der Waals surface area contributed by atoms with Gasteiger partial charge in [-0.2, -0.15) is 0 Å². The molecule has 1 aliphatic heterocycles. The second-order valence-electron chi connectivity index (χ2n) is 4.95. The molecule has 0 aromatic heterocycles. The van der Waals surface area contributed by atoms with Crippen molar-refractivity contribution in [1.82, 2.24) is 5.32 Å². The second kappa shape index (κ2) is 6.53. The van der Waals surface area contributed by atoms with Gasteiger partial charge >= 0.3 is 0 Å². The maximum Gasteiger partial charge on any atom is 0.234 e. The molecule has 0 unspecified atom stereocenters. The fourth-order valence-corrected chi connectivity index (χ4v) is 2.40. The summed E-state index contributed by atoms with van der Waals surface area (Å²) in [4.78, 5) is 12.4. The number of carbonyl (C=O) groups excluding carboxylic acids is 1. The van der Waals surface area contributed by atoms with Gasteiger partial charge in [-0.15, -0.1) is 0 Å². The highest BCUT2D eigenvalue weighted by Crippen LogP contribution is 2.31. The fraction of sp³-hybridized carbons (Fsp3) is 0.429. The Morgan fingerprint density at radius 2 is 2.10 bits per heavy atom. The number of nitrogens with two attached hydrogens (primary N) is 1. The first kappa shape index (κ1) is 15.2. The van der Waals surface area contributed by atoms with E-state index in [1.165, 1.54) is 6.07 Å². The normalized spacial score (nSPS) is 18.2. The SMILES string of the molecule is NC(=NO)C1(C(=O)NCc2ccccc2F)CCOCC1. The van der Waals surface area contributed by atoms with Gasteiger partial charge in [0.25, 0.3) is 0 Å². The van der Waals surface area contributed by atoms with Crippen molar-refractivity contribution in [3.63, 3.8) is 0 Å². The molecule has 21 heavy (non-hydrogen) atoms. The van der Waals surface area contributed by atoms with Crippen molar-refractivity contribution in [2.75, 3.05) is 13.2 Å². The van der Waals surface area contributed by atoms with Gasteiger partial charge in [0.2, 0.25) is 5.91 Å². The van der Waals surface area contributed by atoms with Crippen LogP contribution in [0.4, 0.5) is 4.39 Å². The summed E-state index contributed by atoms with van der Waals surface area (Å²) in [6.45, 7) is 0.750. The van der Waals surface area contributed by atoms with Gasteiger partial charge in [-0.3, -0.25) is 4.79 Å². The Morgan fingerprint density at radius 1 is 1.43 bits per heavy atom. The van der Waals surface area contributed by atoms with Crippen LogP contribution in [0, 0.1) is 11.2 Å². The summed E-state index contributed by atoms with van der Waals surface area (Å²) in [6.07, 6.45) is 0.651. The molecule has 0 bridgehead atoms. The second-order valence-corrected chi connectivity index (χ2v) is 4.95. The third kappa shape index (κ3) is 3.13. The van der Waals surface area contributed by atoms with Crippen molar-refractivity contribution < 1.29 is 19.1 Å². The molecule has 1 saturated heterocycles. The molecule has 1 heterocycles. The number of rotatable bonds is 4.